The zero-order valence-electron chi connectivity index (χ0n) is 14.0. The van der Waals surface area contributed by atoms with Crippen LogP contribution in [0.4, 0.5) is 5.82 Å². The number of halogens is 2. The topological polar surface area (TPSA) is 56.1 Å². The molecule has 1 atom stereocenters. The molecule has 1 unspecified atom stereocenters. The number of ether oxygens (including phenoxy) is 1. The quantitative estimate of drug-likeness (QED) is 0.609. The molecular weight excluding hydrogens is 418 g/mol. The lowest BCUT2D eigenvalue weighted by Crippen LogP contribution is -2.31. The Bertz CT molecular complexity index is 899. The van der Waals surface area contributed by atoms with Gasteiger partial charge in [-0.3, -0.25) is 4.79 Å². The molecule has 134 valence electrons. The summed E-state index contributed by atoms with van der Waals surface area (Å²) in [6, 6.07) is 16.8. The van der Waals surface area contributed by atoms with Crippen molar-refractivity contribution in [3.8, 4) is 5.75 Å². The Balaban J connectivity index is 1.65. The lowest BCUT2D eigenvalue weighted by atomic mass is 10.2. The molecule has 5 nitrogen and oxygen atoms in total. The Hall–Kier alpha value is -2.31. The summed E-state index contributed by atoms with van der Waals surface area (Å²) >= 11 is 9.30. The second kappa shape index (κ2) is 8.38. The van der Waals surface area contributed by atoms with Gasteiger partial charge in [0.05, 0.1) is 17.2 Å². The first kappa shape index (κ1) is 18.5. The lowest BCUT2D eigenvalue weighted by Gasteiger charge is -2.16. The molecule has 1 N–H and O–H groups in total. The van der Waals surface area contributed by atoms with Gasteiger partial charge in [-0.2, -0.15) is 5.10 Å². The first-order chi connectivity index (χ1) is 12.5. The van der Waals surface area contributed by atoms with Gasteiger partial charge in [0.25, 0.3) is 5.91 Å². The van der Waals surface area contributed by atoms with Crippen molar-refractivity contribution in [2.24, 2.45) is 0 Å². The summed E-state index contributed by atoms with van der Waals surface area (Å²) in [6.45, 7) is 2.26. The third-order valence-electron chi connectivity index (χ3n) is 3.71. The zero-order chi connectivity index (χ0) is 18.5. The first-order valence-corrected chi connectivity index (χ1v) is 9.18. The van der Waals surface area contributed by atoms with Crippen LogP contribution in [-0.2, 0) is 11.3 Å². The predicted molar refractivity (Wildman–Crippen MR) is 106 cm³/mol. The molecule has 1 heterocycles. The Labute approximate surface area is 165 Å². The number of hydrogen-bond acceptors (Lipinski definition) is 3. The minimum atomic E-state index is -0.687. The molecule has 3 rings (SSSR count). The number of nitrogens with zero attached hydrogens (tertiary/aromatic N) is 2. The second-order valence-corrected chi connectivity index (χ2v) is 6.97. The summed E-state index contributed by atoms with van der Waals surface area (Å²) in [7, 11) is 0. The molecule has 2 aromatic carbocycles. The molecule has 3 aromatic rings. The molecule has 0 bridgehead atoms. The molecule has 0 saturated carbocycles. The van der Waals surface area contributed by atoms with E-state index in [0.717, 1.165) is 5.56 Å². The summed E-state index contributed by atoms with van der Waals surface area (Å²) in [5.74, 6) is 0.904. The van der Waals surface area contributed by atoms with E-state index in [1.54, 1.807) is 42.1 Å². The van der Waals surface area contributed by atoms with Crippen molar-refractivity contribution in [2.45, 2.75) is 19.6 Å². The molecule has 0 fully saturated rings. The maximum atomic E-state index is 12.5. The van der Waals surface area contributed by atoms with Gasteiger partial charge in [0.2, 0.25) is 0 Å². The van der Waals surface area contributed by atoms with Crippen LogP contribution in [0.3, 0.4) is 0 Å². The number of aromatic nitrogens is 2. The van der Waals surface area contributed by atoms with E-state index in [2.05, 4.69) is 26.3 Å². The van der Waals surface area contributed by atoms with Gasteiger partial charge in [-0.15, -0.1) is 0 Å². The monoisotopic (exact) mass is 433 g/mol. The summed E-state index contributed by atoms with van der Waals surface area (Å²) in [6.07, 6.45) is 0.965. The summed E-state index contributed by atoms with van der Waals surface area (Å²) in [5.41, 5.74) is 1.10. The fraction of sp³-hybridized carbons (Fsp3) is 0.158. The van der Waals surface area contributed by atoms with Gasteiger partial charge in [0.1, 0.15) is 11.6 Å². The standard InChI is InChI=1S/C19H17BrClN3O2/c1-13(26-17-8-7-15(21)11-16(17)20)19(25)23-18-9-10-22-24(18)12-14-5-3-2-4-6-14/h2-11,13H,12H2,1H3,(H,23,25). The molecule has 0 radical (unpaired) electrons. The largest absolute Gasteiger partial charge is 0.480 e. The van der Waals surface area contributed by atoms with Crippen LogP contribution in [0.2, 0.25) is 5.02 Å². The third kappa shape index (κ3) is 4.65. The number of rotatable bonds is 6. The van der Waals surface area contributed by atoms with Crippen molar-refractivity contribution >= 4 is 39.3 Å². The van der Waals surface area contributed by atoms with Crippen molar-refractivity contribution in [1.29, 1.82) is 0 Å². The summed E-state index contributed by atoms with van der Waals surface area (Å²) in [5, 5.41) is 7.72. The highest BCUT2D eigenvalue weighted by atomic mass is 79.9. The zero-order valence-corrected chi connectivity index (χ0v) is 16.4. The molecule has 0 aliphatic heterocycles. The van der Waals surface area contributed by atoms with Crippen molar-refractivity contribution in [3.63, 3.8) is 0 Å². The van der Waals surface area contributed by atoms with E-state index >= 15 is 0 Å². The lowest BCUT2D eigenvalue weighted by molar-refractivity contribution is -0.122. The maximum absolute atomic E-state index is 12.5. The summed E-state index contributed by atoms with van der Waals surface area (Å²) < 4.78 is 8.15. The Kier molecular flexibility index (Phi) is 5.96. The van der Waals surface area contributed by atoms with E-state index in [-0.39, 0.29) is 5.91 Å². The Morgan fingerprint density at radius 1 is 1.27 bits per heavy atom. The fourth-order valence-corrected chi connectivity index (χ4v) is 3.14. The molecule has 1 aromatic heterocycles. The minimum Gasteiger partial charge on any atom is -0.480 e. The van der Waals surface area contributed by atoms with Gasteiger partial charge in [0, 0.05) is 11.1 Å². The predicted octanol–water partition coefficient (Wildman–Crippen LogP) is 4.75. The highest BCUT2D eigenvalue weighted by Gasteiger charge is 2.18. The highest BCUT2D eigenvalue weighted by molar-refractivity contribution is 9.10. The van der Waals surface area contributed by atoms with Crippen molar-refractivity contribution in [3.05, 3.63) is 75.9 Å². The number of carbonyl (C=O) groups excluding carboxylic acids is 1. The fourth-order valence-electron chi connectivity index (χ4n) is 2.36. The molecule has 0 aliphatic rings. The van der Waals surface area contributed by atoms with Gasteiger partial charge in [-0.25, -0.2) is 4.68 Å². The van der Waals surface area contributed by atoms with Crippen LogP contribution in [0.15, 0.2) is 65.3 Å². The van der Waals surface area contributed by atoms with Crippen LogP contribution in [0.1, 0.15) is 12.5 Å². The average molecular weight is 435 g/mol. The number of amides is 1. The molecule has 0 spiro atoms. The second-order valence-electron chi connectivity index (χ2n) is 5.68. The third-order valence-corrected chi connectivity index (χ3v) is 4.56. The van der Waals surface area contributed by atoms with Crippen molar-refractivity contribution < 1.29 is 9.53 Å². The van der Waals surface area contributed by atoms with E-state index in [0.29, 0.717) is 27.6 Å². The van der Waals surface area contributed by atoms with E-state index in [1.165, 1.54) is 0 Å². The molecule has 0 aliphatic carbocycles. The smallest absolute Gasteiger partial charge is 0.266 e. The number of nitrogens with one attached hydrogen (secondary N) is 1. The van der Waals surface area contributed by atoms with E-state index in [4.69, 9.17) is 16.3 Å². The van der Waals surface area contributed by atoms with Gasteiger partial charge in [-0.1, -0.05) is 41.9 Å². The average Bonchev–Trinajstić information content (AvgIpc) is 3.05. The van der Waals surface area contributed by atoms with Crippen LogP contribution in [0, 0.1) is 0 Å². The number of anilines is 1. The normalized spacial score (nSPS) is 11.8. The molecule has 7 heteroatoms. The van der Waals surface area contributed by atoms with E-state index in [9.17, 15) is 4.79 Å². The van der Waals surface area contributed by atoms with Crippen LogP contribution < -0.4 is 10.1 Å². The van der Waals surface area contributed by atoms with Crippen molar-refractivity contribution in [2.75, 3.05) is 5.32 Å². The summed E-state index contributed by atoms with van der Waals surface area (Å²) in [4.78, 5) is 12.5. The maximum Gasteiger partial charge on any atom is 0.266 e. The molecule has 1 amide bonds. The van der Waals surface area contributed by atoms with Crippen LogP contribution in [-0.4, -0.2) is 21.8 Å². The van der Waals surface area contributed by atoms with Crippen LogP contribution >= 0.6 is 27.5 Å². The van der Waals surface area contributed by atoms with Gasteiger partial charge in [0.15, 0.2) is 6.10 Å². The van der Waals surface area contributed by atoms with Gasteiger partial charge < -0.3 is 10.1 Å². The number of carbonyl (C=O) groups is 1. The van der Waals surface area contributed by atoms with E-state index in [1.807, 2.05) is 30.3 Å². The molecule has 0 saturated heterocycles. The molecular formula is C19H17BrClN3O2. The minimum absolute atomic E-state index is 0.262. The van der Waals surface area contributed by atoms with Crippen LogP contribution in [0.25, 0.3) is 0 Å². The van der Waals surface area contributed by atoms with Gasteiger partial charge >= 0.3 is 0 Å². The van der Waals surface area contributed by atoms with Gasteiger partial charge in [-0.05, 0) is 46.6 Å². The Morgan fingerprint density at radius 3 is 2.77 bits per heavy atom. The van der Waals surface area contributed by atoms with Crippen LogP contribution in [0.5, 0.6) is 5.75 Å². The number of hydrogen-bond donors (Lipinski definition) is 1. The Morgan fingerprint density at radius 2 is 2.04 bits per heavy atom. The van der Waals surface area contributed by atoms with Crippen molar-refractivity contribution in [1.82, 2.24) is 9.78 Å². The number of benzene rings is 2. The first-order valence-electron chi connectivity index (χ1n) is 8.01. The van der Waals surface area contributed by atoms with E-state index < -0.39 is 6.10 Å². The highest BCUT2D eigenvalue weighted by Crippen LogP contribution is 2.28. The SMILES string of the molecule is CC(Oc1ccc(Cl)cc1Br)C(=O)Nc1ccnn1Cc1ccccc1. The molecule has 26 heavy (non-hydrogen) atoms.